The molecule has 0 bridgehead atoms. The van der Waals surface area contributed by atoms with Gasteiger partial charge in [0.15, 0.2) is 0 Å². The van der Waals surface area contributed by atoms with E-state index in [0.717, 1.165) is 42.4 Å². The van der Waals surface area contributed by atoms with Crippen molar-refractivity contribution in [3.8, 4) is 5.69 Å². The number of aromatic nitrogens is 1. The molecule has 1 aromatic heterocycles. The molecule has 0 aliphatic heterocycles. The van der Waals surface area contributed by atoms with Gasteiger partial charge in [-0.05, 0) is 94.0 Å². The van der Waals surface area contributed by atoms with E-state index < -0.39 is 0 Å². The molecule has 0 spiro atoms. The average molecular weight is 510 g/mol. The minimum absolute atomic E-state index is 0.298. The van der Waals surface area contributed by atoms with Gasteiger partial charge in [0.05, 0.1) is 24.2 Å². The predicted molar refractivity (Wildman–Crippen MR) is 154 cm³/mol. The van der Waals surface area contributed by atoms with Crippen molar-refractivity contribution in [1.82, 2.24) is 4.57 Å². The standard InChI is InChI=1S/C33H35NO4/c1-4-8-32(35)37-20-6-10-25-14-18-30-28(22-25)29-23-26(11-7-21-38-33(36)9-5-2)15-19-31(29)34(30)27-16-12-24(3)13-17-27/h4-5,8-9,12-19,22-23H,6-7,10-11,20-21H2,1-3H3. The van der Waals surface area contributed by atoms with Crippen molar-refractivity contribution in [2.75, 3.05) is 13.2 Å². The molecule has 0 atom stereocenters. The molecule has 3 aromatic carbocycles. The van der Waals surface area contributed by atoms with Crippen LogP contribution in [0, 0.1) is 6.92 Å². The summed E-state index contributed by atoms with van der Waals surface area (Å²) in [5.41, 5.74) is 7.09. The summed E-state index contributed by atoms with van der Waals surface area (Å²) >= 11 is 0. The first-order valence-electron chi connectivity index (χ1n) is 13.2. The quantitative estimate of drug-likeness (QED) is 0.122. The van der Waals surface area contributed by atoms with Crippen LogP contribution in [0.2, 0.25) is 0 Å². The monoisotopic (exact) mass is 509 g/mol. The lowest BCUT2D eigenvalue weighted by Gasteiger charge is -2.09. The Morgan fingerprint density at radius 3 is 1.63 bits per heavy atom. The summed E-state index contributed by atoms with van der Waals surface area (Å²) in [5, 5.41) is 2.40. The van der Waals surface area contributed by atoms with E-state index in [9.17, 15) is 9.59 Å². The topological polar surface area (TPSA) is 57.5 Å². The number of aryl methyl sites for hydroxylation is 3. The molecule has 0 aliphatic carbocycles. The number of carbonyl (C=O) groups is 2. The zero-order valence-corrected chi connectivity index (χ0v) is 22.4. The summed E-state index contributed by atoms with van der Waals surface area (Å²) in [4.78, 5) is 23.2. The number of hydrogen-bond donors (Lipinski definition) is 0. The van der Waals surface area contributed by atoms with Gasteiger partial charge in [-0.2, -0.15) is 0 Å². The number of nitrogens with zero attached hydrogens (tertiary/aromatic N) is 1. The number of carbonyl (C=O) groups excluding carboxylic acids is 2. The lowest BCUT2D eigenvalue weighted by atomic mass is 10.0. The molecule has 4 aromatic rings. The summed E-state index contributed by atoms with van der Waals surface area (Å²) in [6.07, 6.45) is 9.44. The van der Waals surface area contributed by atoms with Gasteiger partial charge in [0.2, 0.25) is 0 Å². The van der Waals surface area contributed by atoms with Gasteiger partial charge in [0, 0.05) is 28.6 Å². The molecule has 0 radical (unpaired) electrons. The summed E-state index contributed by atoms with van der Waals surface area (Å²) in [6.45, 7) is 6.49. The van der Waals surface area contributed by atoms with Crippen molar-refractivity contribution in [2.24, 2.45) is 0 Å². The van der Waals surface area contributed by atoms with E-state index in [1.54, 1.807) is 26.0 Å². The summed E-state index contributed by atoms with van der Waals surface area (Å²) in [5.74, 6) is -0.596. The Balaban J connectivity index is 1.62. The first-order chi connectivity index (χ1) is 18.5. The third-order valence-electron chi connectivity index (χ3n) is 6.50. The fourth-order valence-electron chi connectivity index (χ4n) is 4.67. The predicted octanol–water partition coefficient (Wildman–Crippen LogP) is 7.20. The fraction of sp³-hybridized carbons (Fsp3) is 0.273. The van der Waals surface area contributed by atoms with Crippen LogP contribution < -0.4 is 0 Å². The van der Waals surface area contributed by atoms with Gasteiger partial charge in [0.25, 0.3) is 0 Å². The van der Waals surface area contributed by atoms with Crippen LogP contribution in [0.5, 0.6) is 0 Å². The summed E-state index contributed by atoms with van der Waals surface area (Å²) < 4.78 is 12.8. The number of hydrogen-bond acceptors (Lipinski definition) is 4. The molecule has 0 saturated carbocycles. The molecular formula is C33H35NO4. The second kappa shape index (κ2) is 12.9. The number of benzene rings is 3. The van der Waals surface area contributed by atoms with Crippen molar-refractivity contribution in [3.05, 3.63) is 102 Å². The second-order valence-electron chi connectivity index (χ2n) is 9.42. The van der Waals surface area contributed by atoms with Crippen LogP contribution in [0.3, 0.4) is 0 Å². The smallest absolute Gasteiger partial charge is 0.330 e. The van der Waals surface area contributed by atoms with Crippen LogP contribution >= 0.6 is 0 Å². The first-order valence-corrected chi connectivity index (χ1v) is 13.2. The van der Waals surface area contributed by atoms with E-state index in [0.29, 0.717) is 13.2 Å². The van der Waals surface area contributed by atoms with Crippen molar-refractivity contribution in [3.63, 3.8) is 0 Å². The highest BCUT2D eigenvalue weighted by Crippen LogP contribution is 2.34. The van der Waals surface area contributed by atoms with E-state index >= 15 is 0 Å². The van der Waals surface area contributed by atoms with Gasteiger partial charge in [0.1, 0.15) is 0 Å². The second-order valence-corrected chi connectivity index (χ2v) is 9.42. The molecule has 0 N–H and O–H groups in total. The van der Waals surface area contributed by atoms with Gasteiger partial charge in [-0.1, -0.05) is 42.0 Å². The van der Waals surface area contributed by atoms with Crippen molar-refractivity contribution in [2.45, 2.75) is 46.5 Å². The van der Waals surface area contributed by atoms with Crippen LogP contribution in [0.15, 0.2) is 85.0 Å². The molecule has 4 rings (SSSR count). The van der Waals surface area contributed by atoms with Gasteiger partial charge in [-0.15, -0.1) is 0 Å². The Kier molecular flexibility index (Phi) is 9.15. The molecule has 0 fully saturated rings. The zero-order chi connectivity index (χ0) is 26.9. The maximum absolute atomic E-state index is 11.6. The van der Waals surface area contributed by atoms with Crippen molar-refractivity contribution >= 4 is 33.7 Å². The third kappa shape index (κ3) is 6.60. The minimum Gasteiger partial charge on any atom is -0.463 e. The van der Waals surface area contributed by atoms with Crippen LogP contribution in [0.25, 0.3) is 27.5 Å². The van der Waals surface area contributed by atoms with E-state index in [2.05, 4.69) is 72.2 Å². The highest BCUT2D eigenvalue weighted by atomic mass is 16.5. The summed E-state index contributed by atoms with van der Waals surface area (Å²) in [6, 6.07) is 21.8. The molecule has 196 valence electrons. The molecule has 0 unspecified atom stereocenters. The Hall–Kier alpha value is -4.12. The van der Waals surface area contributed by atoms with Crippen LogP contribution in [0.1, 0.15) is 43.4 Å². The Bertz CT molecular complexity index is 1390. The molecule has 5 heteroatoms. The number of fused-ring (bicyclic) bond motifs is 3. The molecule has 1 heterocycles. The Labute approximate surface area is 224 Å². The third-order valence-corrected chi connectivity index (χ3v) is 6.50. The van der Waals surface area contributed by atoms with Gasteiger partial charge in [-0.25, -0.2) is 9.59 Å². The zero-order valence-electron chi connectivity index (χ0n) is 22.4. The maximum atomic E-state index is 11.6. The normalized spacial score (nSPS) is 11.7. The van der Waals surface area contributed by atoms with Crippen molar-refractivity contribution < 1.29 is 19.1 Å². The molecule has 5 nitrogen and oxygen atoms in total. The highest BCUT2D eigenvalue weighted by molar-refractivity contribution is 6.09. The lowest BCUT2D eigenvalue weighted by Crippen LogP contribution is -2.03. The van der Waals surface area contributed by atoms with Crippen LogP contribution in [-0.2, 0) is 31.9 Å². The number of ether oxygens (including phenoxy) is 2. The number of esters is 2. The van der Waals surface area contributed by atoms with E-state index in [4.69, 9.17) is 9.47 Å². The van der Waals surface area contributed by atoms with Crippen LogP contribution in [-0.4, -0.2) is 29.7 Å². The van der Waals surface area contributed by atoms with Gasteiger partial charge < -0.3 is 14.0 Å². The largest absolute Gasteiger partial charge is 0.463 e. The van der Waals surface area contributed by atoms with E-state index in [1.807, 2.05) is 0 Å². The summed E-state index contributed by atoms with van der Waals surface area (Å²) in [7, 11) is 0. The Morgan fingerprint density at radius 1 is 0.711 bits per heavy atom. The molecule has 0 amide bonds. The molecular weight excluding hydrogens is 474 g/mol. The average Bonchev–Trinajstić information content (AvgIpc) is 3.23. The number of allylic oxidation sites excluding steroid dienone is 2. The van der Waals surface area contributed by atoms with E-state index in [1.165, 1.54) is 39.6 Å². The van der Waals surface area contributed by atoms with Gasteiger partial charge in [-0.3, -0.25) is 0 Å². The SMILES string of the molecule is CC=CC(=O)OCCCc1ccc2c(c1)c1cc(CCCOC(=O)C=CC)ccc1n2-c1ccc(C)cc1. The maximum Gasteiger partial charge on any atom is 0.330 e. The highest BCUT2D eigenvalue weighted by Gasteiger charge is 2.14. The molecule has 38 heavy (non-hydrogen) atoms. The van der Waals surface area contributed by atoms with Gasteiger partial charge >= 0.3 is 11.9 Å². The Morgan fingerprint density at radius 2 is 1.18 bits per heavy atom. The fourth-order valence-corrected chi connectivity index (χ4v) is 4.67. The number of rotatable bonds is 11. The van der Waals surface area contributed by atoms with E-state index in [-0.39, 0.29) is 11.9 Å². The first kappa shape index (κ1) is 26.9. The van der Waals surface area contributed by atoms with Crippen molar-refractivity contribution in [1.29, 1.82) is 0 Å². The minimum atomic E-state index is -0.298. The van der Waals surface area contributed by atoms with Crippen LogP contribution in [0.4, 0.5) is 0 Å². The molecule has 0 saturated heterocycles. The lowest BCUT2D eigenvalue weighted by molar-refractivity contribution is -0.138. The molecule has 0 aliphatic rings.